The van der Waals surface area contributed by atoms with Crippen molar-refractivity contribution < 1.29 is 9.59 Å². The lowest BCUT2D eigenvalue weighted by molar-refractivity contribution is -0.134. The van der Waals surface area contributed by atoms with E-state index in [-0.39, 0.29) is 23.8 Å². The fourth-order valence-electron chi connectivity index (χ4n) is 2.35. The Morgan fingerprint density at radius 3 is 2.68 bits per heavy atom. The fraction of sp³-hybridized carbons (Fsp3) is 0.467. The van der Waals surface area contributed by atoms with Gasteiger partial charge in [-0.15, -0.1) is 0 Å². The Kier molecular flexibility index (Phi) is 4.20. The molecule has 0 saturated carbocycles. The molecule has 2 amide bonds. The van der Waals surface area contributed by atoms with Crippen molar-refractivity contribution in [3.8, 4) is 0 Å². The van der Waals surface area contributed by atoms with Gasteiger partial charge < -0.3 is 10.2 Å². The van der Waals surface area contributed by atoms with E-state index >= 15 is 0 Å². The van der Waals surface area contributed by atoms with Gasteiger partial charge in [0, 0.05) is 26.1 Å². The summed E-state index contributed by atoms with van der Waals surface area (Å²) < 4.78 is 0. The van der Waals surface area contributed by atoms with Gasteiger partial charge >= 0.3 is 0 Å². The Labute approximate surface area is 113 Å². The summed E-state index contributed by atoms with van der Waals surface area (Å²) in [5.41, 5.74) is 1.01. The minimum atomic E-state index is -0.163. The number of carbonyl (C=O) groups excluding carboxylic acids is 2. The average Bonchev–Trinajstić information content (AvgIpc) is 2.43. The Morgan fingerprint density at radius 1 is 1.37 bits per heavy atom. The van der Waals surface area contributed by atoms with E-state index in [0.29, 0.717) is 13.0 Å². The van der Waals surface area contributed by atoms with Crippen LogP contribution in [-0.4, -0.2) is 36.3 Å². The standard InChI is InChI=1S/C15H20N2O2/c1-11(12-6-4-3-5-7-12)15(19)16-13-8-9-14(18)17(2)10-13/h3-7,11,13H,8-10H2,1-2H3,(H,16,19)/t11-,13-/m0/s1. The van der Waals surface area contributed by atoms with Crippen molar-refractivity contribution in [3.63, 3.8) is 0 Å². The predicted octanol–water partition coefficient (Wildman–Crippen LogP) is 1.53. The van der Waals surface area contributed by atoms with Crippen LogP contribution in [0.15, 0.2) is 30.3 Å². The summed E-state index contributed by atoms with van der Waals surface area (Å²) in [4.78, 5) is 25.3. The lowest BCUT2D eigenvalue weighted by atomic mass is 9.99. The van der Waals surface area contributed by atoms with Crippen LogP contribution in [0.2, 0.25) is 0 Å². The number of hydrogen-bond donors (Lipinski definition) is 1. The second kappa shape index (κ2) is 5.87. The van der Waals surface area contributed by atoms with Crippen LogP contribution in [0.25, 0.3) is 0 Å². The van der Waals surface area contributed by atoms with E-state index in [9.17, 15) is 9.59 Å². The fourth-order valence-corrected chi connectivity index (χ4v) is 2.35. The second-order valence-corrected chi connectivity index (χ2v) is 5.15. The third-order valence-corrected chi connectivity index (χ3v) is 3.67. The van der Waals surface area contributed by atoms with E-state index in [0.717, 1.165) is 12.0 Å². The smallest absolute Gasteiger partial charge is 0.227 e. The molecule has 1 aliphatic rings. The number of piperidine rings is 1. The van der Waals surface area contributed by atoms with Crippen molar-refractivity contribution in [2.75, 3.05) is 13.6 Å². The first-order valence-corrected chi connectivity index (χ1v) is 6.67. The average molecular weight is 260 g/mol. The second-order valence-electron chi connectivity index (χ2n) is 5.15. The quantitative estimate of drug-likeness (QED) is 0.896. The van der Waals surface area contributed by atoms with Gasteiger partial charge in [0.15, 0.2) is 0 Å². The van der Waals surface area contributed by atoms with Gasteiger partial charge in [-0.2, -0.15) is 0 Å². The monoisotopic (exact) mass is 260 g/mol. The minimum Gasteiger partial charge on any atom is -0.351 e. The van der Waals surface area contributed by atoms with Crippen molar-refractivity contribution in [2.24, 2.45) is 0 Å². The molecular formula is C15H20N2O2. The molecule has 1 aliphatic heterocycles. The number of nitrogens with one attached hydrogen (secondary N) is 1. The van der Waals surface area contributed by atoms with Crippen molar-refractivity contribution in [1.82, 2.24) is 10.2 Å². The van der Waals surface area contributed by atoms with E-state index in [1.807, 2.05) is 37.3 Å². The maximum Gasteiger partial charge on any atom is 0.227 e. The van der Waals surface area contributed by atoms with Gasteiger partial charge in [0.1, 0.15) is 0 Å². The molecule has 0 radical (unpaired) electrons. The molecule has 1 heterocycles. The number of hydrogen-bond acceptors (Lipinski definition) is 2. The largest absolute Gasteiger partial charge is 0.351 e. The molecule has 1 saturated heterocycles. The van der Waals surface area contributed by atoms with Gasteiger partial charge in [0.05, 0.1) is 5.92 Å². The Balaban J connectivity index is 1.93. The summed E-state index contributed by atoms with van der Waals surface area (Å²) in [6.07, 6.45) is 1.25. The maximum absolute atomic E-state index is 12.2. The molecule has 1 aromatic rings. The van der Waals surface area contributed by atoms with Crippen LogP contribution >= 0.6 is 0 Å². The number of benzene rings is 1. The van der Waals surface area contributed by atoms with E-state index < -0.39 is 0 Å². The number of rotatable bonds is 3. The van der Waals surface area contributed by atoms with E-state index in [1.165, 1.54) is 0 Å². The highest BCUT2D eigenvalue weighted by Gasteiger charge is 2.25. The summed E-state index contributed by atoms with van der Waals surface area (Å²) >= 11 is 0. The van der Waals surface area contributed by atoms with Crippen LogP contribution in [0.5, 0.6) is 0 Å². The molecule has 19 heavy (non-hydrogen) atoms. The Hall–Kier alpha value is -1.84. The molecule has 0 spiro atoms. The van der Waals surface area contributed by atoms with Gasteiger partial charge in [-0.3, -0.25) is 9.59 Å². The van der Waals surface area contributed by atoms with E-state index in [4.69, 9.17) is 0 Å². The van der Waals surface area contributed by atoms with Crippen LogP contribution in [-0.2, 0) is 9.59 Å². The summed E-state index contributed by atoms with van der Waals surface area (Å²) in [5.74, 6) is 0.0182. The van der Waals surface area contributed by atoms with Crippen molar-refractivity contribution >= 4 is 11.8 Å². The number of amides is 2. The molecule has 2 atom stereocenters. The predicted molar refractivity (Wildman–Crippen MR) is 73.7 cm³/mol. The number of nitrogens with zero attached hydrogens (tertiary/aromatic N) is 1. The maximum atomic E-state index is 12.2. The molecule has 1 N–H and O–H groups in total. The molecule has 4 nitrogen and oxygen atoms in total. The zero-order chi connectivity index (χ0) is 13.8. The molecule has 102 valence electrons. The highest BCUT2D eigenvalue weighted by atomic mass is 16.2. The minimum absolute atomic E-state index is 0.0268. The normalized spacial score (nSPS) is 21.1. The van der Waals surface area contributed by atoms with Crippen LogP contribution in [0, 0.1) is 0 Å². The molecule has 0 unspecified atom stereocenters. The number of likely N-dealkylation sites (N-methyl/N-ethyl adjacent to an activating group) is 1. The highest BCUT2D eigenvalue weighted by molar-refractivity contribution is 5.84. The molecule has 0 aromatic heterocycles. The SMILES string of the molecule is C[C@H](C(=O)N[C@H]1CCC(=O)N(C)C1)c1ccccc1. The van der Waals surface area contributed by atoms with Crippen molar-refractivity contribution in [3.05, 3.63) is 35.9 Å². The van der Waals surface area contributed by atoms with Crippen molar-refractivity contribution in [2.45, 2.75) is 31.7 Å². The first kappa shape index (κ1) is 13.6. The van der Waals surface area contributed by atoms with Gasteiger partial charge in [-0.05, 0) is 18.9 Å². The molecular weight excluding hydrogens is 240 g/mol. The number of carbonyl (C=O) groups is 2. The molecule has 1 fully saturated rings. The van der Waals surface area contributed by atoms with Gasteiger partial charge in [-0.1, -0.05) is 30.3 Å². The highest BCUT2D eigenvalue weighted by Crippen LogP contribution is 2.16. The van der Waals surface area contributed by atoms with Gasteiger partial charge in [-0.25, -0.2) is 0 Å². The van der Waals surface area contributed by atoms with E-state index in [2.05, 4.69) is 5.32 Å². The zero-order valence-electron chi connectivity index (χ0n) is 11.4. The van der Waals surface area contributed by atoms with Gasteiger partial charge in [0.2, 0.25) is 11.8 Å². The zero-order valence-corrected chi connectivity index (χ0v) is 11.4. The summed E-state index contributed by atoms with van der Waals surface area (Å²) in [6.45, 7) is 2.51. The van der Waals surface area contributed by atoms with Crippen molar-refractivity contribution in [1.29, 1.82) is 0 Å². The molecule has 1 aromatic carbocycles. The van der Waals surface area contributed by atoms with Crippen LogP contribution in [0.1, 0.15) is 31.2 Å². The molecule has 4 heteroatoms. The summed E-state index contributed by atoms with van der Waals surface area (Å²) in [7, 11) is 1.78. The summed E-state index contributed by atoms with van der Waals surface area (Å²) in [5, 5.41) is 3.04. The lowest BCUT2D eigenvalue weighted by Gasteiger charge is -2.30. The molecule has 0 bridgehead atoms. The third-order valence-electron chi connectivity index (χ3n) is 3.67. The lowest BCUT2D eigenvalue weighted by Crippen LogP contribution is -2.49. The third kappa shape index (κ3) is 3.34. The molecule has 2 rings (SSSR count). The van der Waals surface area contributed by atoms with E-state index in [1.54, 1.807) is 11.9 Å². The number of likely N-dealkylation sites (tertiary alicyclic amines) is 1. The Morgan fingerprint density at radius 2 is 2.05 bits per heavy atom. The Bertz CT molecular complexity index is 458. The summed E-state index contributed by atoms with van der Waals surface area (Å²) in [6, 6.07) is 9.80. The van der Waals surface area contributed by atoms with Crippen LogP contribution < -0.4 is 5.32 Å². The topological polar surface area (TPSA) is 49.4 Å². The first-order chi connectivity index (χ1) is 9.08. The van der Waals surface area contributed by atoms with Crippen LogP contribution in [0.3, 0.4) is 0 Å². The van der Waals surface area contributed by atoms with Gasteiger partial charge in [0.25, 0.3) is 0 Å². The van der Waals surface area contributed by atoms with Crippen LogP contribution in [0.4, 0.5) is 0 Å². The molecule has 0 aliphatic carbocycles. The first-order valence-electron chi connectivity index (χ1n) is 6.67.